The van der Waals surface area contributed by atoms with E-state index >= 15 is 0 Å². The minimum Gasteiger partial charge on any atom is -0.380 e. The maximum absolute atomic E-state index is 12.6. The lowest BCUT2D eigenvalue weighted by molar-refractivity contribution is 0.0948. The van der Waals surface area contributed by atoms with E-state index in [1.165, 1.54) is 5.56 Å². The van der Waals surface area contributed by atoms with Gasteiger partial charge in [-0.1, -0.05) is 30.3 Å². The second kappa shape index (κ2) is 7.66. The van der Waals surface area contributed by atoms with Crippen molar-refractivity contribution in [2.24, 2.45) is 0 Å². The fourth-order valence-electron chi connectivity index (χ4n) is 3.06. The summed E-state index contributed by atoms with van der Waals surface area (Å²) in [5, 5.41) is 3.07. The van der Waals surface area contributed by atoms with E-state index in [-0.39, 0.29) is 17.5 Å². The highest BCUT2D eigenvalue weighted by molar-refractivity contribution is 5.94. The van der Waals surface area contributed by atoms with Gasteiger partial charge in [-0.15, -0.1) is 0 Å². The molecule has 132 valence electrons. The van der Waals surface area contributed by atoms with Crippen molar-refractivity contribution in [3.63, 3.8) is 0 Å². The average Bonchev–Trinajstić information content (AvgIpc) is 3.38. The van der Waals surface area contributed by atoms with Gasteiger partial charge in [0.2, 0.25) is 0 Å². The first-order chi connectivity index (χ1) is 12.1. The Labute approximate surface area is 147 Å². The van der Waals surface area contributed by atoms with Crippen LogP contribution in [0.15, 0.2) is 47.4 Å². The number of rotatable bonds is 7. The number of carbonyl (C=O) groups is 1. The second-order valence-electron chi connectivity index (χ2n) is 6.44. The zero-order chi connectivity index (χ0) is 17.8. The van der Waals surface area contributed by atoms with Gasteiger partial charge in [0.1, 0.15) is 0 Å². The number of hydrogen-bond acceptors (Lipinski definition) is 3. The lowest BCUT2D eigenvalue weighted by Gasteiger charge is -2.11. The molecule has 1 saturated carbocycles. The Bertz CT molecular complexity index is 798. The van der Waals surface area contributed by atoms with Crippen LogP contribution >= 0.6 is 0 Å². The number of ether oxygens (including phenoxy) is 1. The Morgan fingerprint density at radius 3 is 2.80 bits per heavy atom. The predicted octanol–water partition coefficient (Wildman–Crippen LogP) is 2.48. The Balaban J connectivity index is 1.67. The third kappa shape index (κ3) is 4.17. The maximum Gasteiger partial charge on any atom is 0.253 e. The summed E-state index contributed by atoms with van der Waals surface area (Å²) < 4.78 is 6.87. The van der Waals surface area contributed by atoms with E-state index in [0.29, 0.717) is 36.8 Å². The summed E-state index contributed by atoms with van der Waals surface area (Å²) in [6, 6.07) is 12.0. The Morgan fingerprint density at radius 1 is 1.32 bits per heavy atom. The lowest BCUT2D eigenvalue weighted by atomic mass is 10.1. The number of carbonyl (C=O) groups excluding carboxylic acids is 1. The molecule has 2 aromatic rings. The van der Waals surface area contributed by atoms with Gasteiger partial charge in [0, 0.05) is 36.9 Å². The van der Waals surface area contributed by atoms with Crippen molar-refractivity contribution < 1.29 is 9.53 Å². The molecular weight excluding hydrogens is 316 g/mol. The van der Waals surface area contributed by atoms with Gasteiger partial charge in [-0.05, 0) is 31.9 Å². The van der Waals surface area contributed by atoms with Crippen molar-refractivity contribution in [3.8, 4) is 0 Å². The average molecular weight is 340 g/mol. The minimum absolute atomic E-state index is 0.0789. The first-order valence-corrected chi connectivity index (χ1v) is 8.74. The van der Waals surface area contributed by atoms with Crippen LogP contribution in [0.3, 0.4) is 0 Å². The van der Waals surface area contributed by atoms with Gasteiger partial charge in [0.15, 0.2) is 0 Å². The highest BCUT2D eigenvalue weighted by Crippen LogP contribution is 2.40. The molecule has 1 aromatic carbocycles. The van der Waals surface area contributed by atoms with Gasteiger partial charge in [-0.2, -0.15) is 0 Å². The van der Waals surface area contributed by atoms with Crippen LogP contribution in [0.4, 0.5) is 0 Å². The van der Waals surface area contributed by atoms with Gasteiger partial charge < -0.3 is 14.6 Å². The molecule has 3 rings (SSSR count). The monoisotopic (exact) mass is 340 g/mol. The van der Waals surface area contributed by atoms with E-state index in [9.17, 15) is 9.59 Å². The number of aromatic nitrogens is 1. The number of nitrogens with one attached hydrogen (secondary N) is 1. The fourth-order valence-corrected chi connectivity index (χ4v) is 3.06. The quantitative estimate of drug-likeness (QED) is 0.788. The summed E-state index contributed by atoms with van der Waals surface area (Å²) in [6.07, 6.45) is 2.59. The van der Waals surface area contributed by atoms with Gasteiger partial charge in [0.25, 0.3) is 11.5 Å². The maximum atomic E-state index is 12.6. The summed E-state index contributed by atoms with van der Waals surface area (Å²) >= 11 is 0. The van der Waals surface area contributed by atoms with Crippen molar-refractivity contribution in [1.29, 1.82) is 0 Å². The molecule has 1 amide bonds. The van der Waals surface area contributed by atoms with E-state index in [2.05, 4.69) is 17.4 Å². The van der Waals surface area contributed by atoms with Gasteiger partial charge in [0.05, 0.1) is 12.2 Å². The number of hydrogen-bond donors (Lipinski definition) is 1. The van der Waals surface area contributed by atoms with Crippen molar-refractivity contribution in [2.75, 3.05) is 13.2 Å². The summed E-state index contributed by atoms with van der Waals surface area (Å²) in [4.78, 5) is 24.7. The molecule has 0 saturated heterocycles. The molecule has 1 N–H and O–H groups in total. The topological polar surface area (TPSA) is 60.3 Å². The molecular formula is C20H24N2O3. The SMILES string of the molecule is CCOCCn1cc(C(=O)N[C@@H]2C[C@H]2c2ccccc2)cc(C)c1=O. The molecule has 5 nitrogen and oxygen atoms in total. The van der Waals surface area contributed by atoms with Crippen LogP contribution in [-0.4, -0.2) is 29.7 Å². The molecule has 0 spiro atoms. The number of pyridine rings is 1. The van der Waals surface area contributed by atoms with E-state index < -0.39 is 0 Å². The zero-order valence-electron chi connectivity index (χ0n) is 14.7. The molecule has 1 aliphatic rings. The van der Waals surface area contributed by atoms with Crippen LogP contribution in [0.25, 0.3) is 0 Å². The van der Waals surface area contributed by atoms with E-state index in [1.807, 2.05) is 25.1 Å². The summed E-state index contributed by atoms with van der Waals surface area (Å²) in [5.74, 6) is 0.256. The summed E-state index contributed by atoms with van der Waals surface area (Å²) in [6.45, 7) is 5.16. The molecule has 1 aromatic heterocycles. The largest absolute Gasteiger partial charge is 0.380 e. The van der Waals surface area contributed by atoms with Crippen LogP contribution in [0.2, 0.25) is 0 Å². The van der Waals surface area contributed by atoms with Crippen LogP contribution in [0.5, 0.6) is 0 Å². The molecule has 2 atom stereocenters. The van der Waals surface area contributed by atoms with Gasteiger partial charge in [-0.3, -0.25) is 9.59 Å². The minimum atomic E-state index is -0.128. The molecule has 1 fully saturated rings. The van der Waals surface area contributed by atoms with Crippen molar-refractivity contribution in [3.05, 3.63) is 69.6 Å². The van der Waals surface area contributed by atoms with Crippen LogP contribution in [0.1, 0.15) is 40.7 Å². The van der Waals surface area contributed by atoms with Gasteiger partial charge in [-0.25, -0.2) is 0 Å². The van der Waals surface area contributed by atoms with Crippen LogP contribution in [-0.2, 0) is 11.3 Å². The van der Waals surface area contributed by atoms with E-state index in [0.717, 1.165) is 6.42 Å². The Hall–Kier alpha value is -2.40. The molecule has 1 heterocycles. The Morgan fingerprint density at radius 2 is 2.08 bits per heavy atom. The molecule has 25 heavy (non-hydrogen) atoms. The number of benzene rings is 1. The molecule has 0 aliphatic heterocycles. The third-order valence-corrected chi connectivity index (χ3v) is 4.54. The van der Waals surface area contributed by atoms with E-state index in [1.54, 1.807) is 23.8 Å². The summed E-state index contributed by atoms with van der Waals surface area (Å²) in [7, 11) is 0. The highest BCUT2D eigenvalue weighted by Gasteiger charge is 2.39. The van der Waals surface area contributed by atoms with Crippen LogP contribution < -0.4 is 10.9 Å². The highest BCUT2D eigenvalue weighted by atomic mass is 16.5. The van der Waals surface area contributed by atoms with Crippen molar-refractivity contribution >= 4 is 5.91 Å². The Kier molecular flexibility index (Phi) is 5.34. The molecule has 0 radical (unpaired) electrons. The van der Waals surface area contributed by atoms with Crippen molar-refractivity contribution in [2.45, 2.75) is 38.8 Å². The first kappa shape index (κ1) is 17.4. The number of amides is 1. The summed E-state index contributed by atoms with van der Waals surface area (Å²) in [5.41, 5.74) is 2.27. The fraction of sp³-hybridized carbons (Fsp3) is 0.400. The number of aryl methyl sites for hydroxylation is 1. The zero-order valence-corrected chi connectivity index (χ0v) is 14.7. The molecule has 5 heteroatoms. The van der Waals surface area contributed by atoms with Crippen LogP contribution in [0, 0.1) is 6.92 Å². The van der Waals surface area contributed by atoms with Gasteiger partial charge >= 0.3 is 0 Å². The molecule has 0 unspecified atom stereocenters. The molecule has 0 bridgehead atoms. The normalized spacial score (nSPS) is 18.8. The third-order valence-electron chi connectivity index (χ3n) is 4.54. The predicted molar refractivity (Wildman–Crippen MR) is 97.0 cm³/mol. The standard InChI is InChI=1S/C20H24N2O3/c1-3-25-10-9-22-13-16(11-14(2)20(22)24)19(23)21-18-12-17(18)15-7-5-4-6-8-15/h4-8,11,13,17-18H,3,9-10,12H2,1-2H3,(H,21,23)/t17-,18+/m0/s1. The second-order valence-corrected chi connectivity index (χ2v) is 6.44. The number of nitrogens with zero attached hydrogens (tertiary/aromatic N) is 1. The van der Waals surface area contributed by atoms with Crippen molar-refractivity contribution in [1.82, 2.24) is 9.88 Å². The first-order valence-electron chi connectivity index (χ1n) is 8.74. The lowest BCUT2D eigenvalue weighted by Crippen LogP contribution is -2.30. The van der Waals surface area contributed by atoms with E-state index in [4.69, 9.17) is 4.74 Å². The smallest absolute Gasteiger partial charge is 0.253 e. The molecule has 1 aliphatic carbocycles.